The lowest BCUT2D eigenvalue weighted by Crippen LogP contribution is -1.90. The molecule has 0 unspecified atom stereocenters. The van der Waals surface area contributed by atoms with Crippen LogP contribution in [-0.2, 0) is 5.75 Å². The highest BCUT2D eigenvalue weighted by molar-refractivity contribution is 7.98. The van der Waals surface area contributed by atoms with Gasteiger partial charge in [-0.3, -0.25) is 4.40 Å². The summed E-state index contributed by atoms with van der Waals surface area (Å²) >= 11 is 3.32. The van der Waals surface area contributed by atoms with E-state index in [0.717, 1.165) is 32.9 Å². The van der Waals surface area contributed by atoms with Crippen molar-refractivity contribution in [2.45, 2.75) is 10.9 Å². The van der Waals surface area contributed by atoms with Gasteiger partial charge in [-0.25, -0.2) is 9.97 Å². The number of anilines is 2. The zero-order valence-electron chi connectivity index (χ0n) is 12.2. The van der Waals surface area contributed by atoms with E-state index >= 15 is 0 Å². The maximum Gasteiger partial charge on any atom is 0.187 e. The van der Waals surface area contributed by atoms with Gasteiger partial charge in [0.05, 0.1) is 17.4 Å². The van der Waals surface area contributed by atoms with Gasteiger partial charge >= 0.3 is 0 Å². The van der Waals surface area contributed by atoms with E-state index in [-0.39, 0.29) is 0 Å². The summed E-state index contributed by atoms with van der Waals surface area (Å²) in [6.45, 7) is 0. The number of rotatable bonds is 5. The molecule has 1 N–H and O–H groups in total. The predicted octanol–water partition coefficient (Wildman–Crippen LogP) is 4.83. The zero-order valence-corrected chi connectivity index (χ0v) is 13.8. The molecule has 4 nitrogen and oxygen atoms in total. The molecule has 0 radical (unpaired) electrons. The van der Waals surface area contributed by atoms with Crippen molar-refractivity contribution >= 4 is 39.4 Å². The summed E-state index contributed by atoms with van der Waals surface area (Å²) in [5.74, 6) is 0.807. The largest absolute Gasteiger partial charge is 0.332 e. The van der Waals surface area contributed by atoms with E-state index in [1.807, 2.05) is 54.9 Å². The molecule has 0 bridgehead atoms. The standard InChI is InChI=1S/C17H14N4S2/c1-2-6-13(7-3-1)19-16-20-14(11-22-16)12-23-17-18-10-15-8-4-5-9-21(15)17/h1-11H,12H2,(H,19,20). The van der Waals surface area contributed by atoms with E-state index in [2.05, 4.69) is 31.1 Å². The molecular formula is C17H14N4S2. The highest BCUT2D eigenvalue weighted by Crippen LogP contribution is 2.26. The maximum absolute atomic E-state index is 4.63. The average molecular weight is 338 g/mol. The van der Waals surface area contributed by atoms with Crippen molar-refractivity contribution in [2.24, 2.45) is 0 Å². The Morgan fingerprint density at radius 3 is 2.87 bits per heavy atom. The number of hydrogen-bond donors (Lipinski definition) is 1. The van der Waals surface area contributed by atoms with Gasteiger partial charge in [0.25, 0.3) is 0 Å². The monoisotopic (exact) mass is 338 g/mol. The molecule has 0 saturated heterocycles. The Kier molecular flexibility index (Phi) is 4.00. The van der Waals surface area contributed by atoms with E-state index in [1.54, 1.807) is 23.1 Å². The van der Waals surface area contributed by atoms with Crippen LogP contribution in [0, 0.1) is 0 Å². The number of benzene rings is 1. The van der Waals surface area contributed by atoms with Crippen LogP contribution in [0.1, 0.15) is 5.69 Å². The number of para-hydroxylation sites is 1. The Balaban J connectivity index is 1.44. The van der Waals surface area contributed by atoms with Crippen LogP contribution in [0.2, 0.25) is 0 Å². The van der Waals surface area contributed by atoms with Crippen LogP contribution < -0.4 is 5.32 Å². The summed E-state index contributed by atoms with van der Waals surface area (Å²) < 4.78 is 2.10. The summed E-state index contributed by atoms with van der Waals surface area (Å²) in [4.78, 5) is 9.11. The Morgan fingerprint density at radius 2 is 1.96 bits per heavy atom. The second-order valence-corrected chi connectivity index (χ2v) is 6.76. The molecule has 0 fully saturated rings. The molecular weight excluding hydrogens is 324 g/mol. The molecule has 0 saturated carbocycles. The third kappa shape index (κ3) is 3.23. The van der Waals surface area contributed by atoms with Gasteiger partial charge in [-0.05, 0) is 24.3 Å². The molecule has 114 valence electrons. The van der Waals surface area contributed by atoms with Crippen molar-refractivity contribution in [1.29, 1.82) is 0 Å². The minimum absolute atomic E-state index is 0.807. The Bertz CT molecular complexity index is 914. The smallest absolute Gasteiger partial charge is 0.187 e. The molecule has 3 heterocycles. The van der Waals surface area contributed by atoms with Crippen LogP contribution >= 0.6 is 23.1 Å². The first-order chi connectivity index (χ1) is 11.4. The quantitative estimate of drug-likeness (QED) is 0.529. The van der Waals surface area contributed by atoms with E-state index in [0.29, 0.717) is 0 Å². The van der Waals surface area contributed by atoms with Crippen molar-refractivity contribution in [3.05, 3.63) is 72.0 Å². The lowest BCUT2D eigenvalue weighted by atomic mass is 10.3. The molecule has 1 aromatic carbocycles. The lowest BCUT2D eigenvalue weighted by molar-refractivity contribution is 0.956. The van der Waals surface area contributed by atoms with Gasteiger partial charge in [0, 0.05) is 23.0 Å². The van der Waals surface area contributed by atoms with E-state index in [1.165, 1.54) is 0 Å². The van der Waals surface area contributed by atoms with Gasteiger partial charge in [-0.1, -0.05) is 36.0 Å². The fourth-order valence-corrected chi connectivity index (χ4v) is 3.93. The number of fused-ring (bicyclic) bond motifs is 1. The highest BCUT2D eigenvalue weighted by Gasteiger charge is 2.07. The minimum atomic E-state index is 0.807. The first-order valence-electron chi connectivity index (χ1n) is 7.20. The molecule has 0 atom stereocenters. The van der Waals surface area contributed by atoms with Gasteiger partial charge < -0.3 is 5.32 Å². The zero-order chi connectivity index (χ0) is 15.5. The van der Waals surface area contributed by atoms with Gasteiger partial charge in [-0.15, -0.1) is 11.3 Å². The second kappa shape index (κ2) is 6.44. The summed E-state index contributed by atoms with van der Waals surface area (Å²) in [5, 5.41) is 7.32. The average Bonchev–Trinajstić information content (AvgIpc) is 3.21. The summed E-state index contributed by atoms with van der Waals surface area (Å²) in [7, 11) is 0. The predicted molar refractivity (Wildman–Crippen MR) is 96.6 cm³/mol. The van der Waals surface area contributed by atoms with Crippen LogP contribution in [0.4, 0.5) is 10.8 Å². The molecule has 4 rings (SSSR count). The van der Waals surface area contributed by atoms with Crippen LogP contribution in [0.25, 0.3) is 5.52 Å². The van der Waals surface area contributed by atoms with E-state index in [9.17, 15) is 0 Å². The second-order valence-electron chi connectivity index (χ2n) is 4.96. The van der Waals surface area contributed by atoms with Crippen molar-refractivity contribution in [3.8, 4) is 0 Å². The number of nitrogens with one attached hydrogen (secondary N) is 1. The fraction of sp³-hybridized carbons (Fsp3) is 0.0588. The number of pyridine rings is 1. The molecule has 0 aliphatic heterocycles. The van der Waals surface area contributed by atoms with Crippen LogP contribution in [0.15, 0.2) is 71.5 Å². The summed E-state index contributed by atoms with van der Waals surface area (Å²) in [6, 6.07) is 16.2. The maximum atomic E-state index is 4.63. The van der Waals surface area contributed by atoms with Crippen molar-refractivity contribution in [3.63, 3.8) is 0 Å². The first-order valence-corrected chi connectivity index (χ1v) is 9.06. The topological polar surface area (TPSA) is 42.2 Å². The van der Waals surface area contributed by atoms with E-state index < -0.39 is 0 Å². The Hall–Kier alpha value is -2.31. The van der Waals surface area contributed by atoms with Crippen molar-refractivity contribution in [2.75, 3.05) is 5.32 Å². The fourth-order valence-electron chi connectivity index (χ4n) is 2.24. The number of nitrogens with zero attached hydrogens (tertiary/aromatic N) is 3. The number of aromatic nitrogens is 3. The van der Waals surface area contributed by atoms with Crippen LogP contribution in [0.3, 0.4) is 0 Å². The summed E-state index contributed by atoms with van der Waals surface area (Å²) in [5.41, 5.74) is 3.23. The molecule has 4 aromatic rings. The van der Waals surface area contributed by atoms with Gasteiger partial charge in [0.1, 0.15) is 0 Å². The molecule has 23 heavy (non-hydrogen) atoms. The van der Waals surface area contributed by atoms with Gasteiger partial charge in [0.15, 0.2) is 10.3 Å². The Morgan fingerprint density at radius 1 is 1.09 bits per heavy atom. The van der Waals surface area contributed by atoms with Crippen molar-refractivity contribution in [1.82, 2.24) is 14.4 Å². The molecule has 3 aromatic heterocycles. The van der Waals surface area contributed by atoms with Crippen molar-refractivity contribution < 1.29 is 0 Å². The third-order valence-corrected chi connectivity index (χ3v) is 5.14. The number of hydrogen-bond acceptors (Lipinski definition) is 5. The third-order valence-electron chi connectivity index (χ3n) is 3.33. The van der Waals surface area contributed by atoms with Gasteiger partial charge in [0.2, 0.25) is 0 Å². The minimum Gasteiger partial charge on any atom is -0.332 e. The molecule has 0 aliphatic rings. The summed E-state index contributed by atoms with van der Waals surface area (Å²) in [6.07, 6.45) is 3.93. The number of imidazole rings is 1. The lowest BCUT2D eigenvalue weighted by Gasteiger charge is -2.01. The number of thiazole rings is 1. The number of thioether (sulfide) groups is 1. The Labute approximate surface area is 142 Å². The highest BCUT2D eigenvalue weighted by atomic mass is 32.2. The molecule has 0 spiro atoms. The van der Waals surface area contributed by atoms with E-state index in [4.69, 9.17) is 0 Å². The SMILES string of the molecule is c1ccc(Nc2nc(CSc3ncc4ccccn34)cs2)cc1. The molecule has 0 aliphatic carbocycles. The van der Waals surface area contributed by atoms with Gasteiger partial charge in [-0.2, -0.15) is 0 Å². The molecule has 6 heteroatoms. The molecule has 0 amide bonds. The van der Waals surface area contributed by atoms with Crippen LogP contribution in [0.5, 0.6) is 0 Å². The first kappa shape index (κ1) is 14.3. The van der Waals surface area contributed by atoms with Crippen LogP contribution in [-0.4, -0.2) is 14.4 Å². The normalized spacial score (nSPS) is 11.0.